The van der Waals surface area contributed by atoms with Crippen LogP contribution in [0.3, 0.4) is 0 Å². The molecule has 0 spiro atoms. The highest BCUT2D eigenvalue weighted by molar-refractivity contribution is 7.80. The van der Waals surface area contributed by atoms with Crippen LogP contribution in [0.4, 0.5) is 0 Å². The minimum absolute atomic E-state index is 0.563. The molecule has 0 heterocycles. The SMILES string of the molecule is CC(C)COc1cccc(S)c1. The highest BCUT2D eigenvalue weighted by Gasteiger charge is 1.96. The van der Waals surface area contributed by atoms with Crippen LogP contribution in [0.2, 0.25) is 0 Å². The molecular weight excluding hydrogens is 168 g/mol. The van der Waals surface area contributed by atoms with E-state index in [4.69, 9.17) is 4.74 Å². The van der Waals surface area contributed by atoms with Crippen LogP contribution < -0.4 is 4.74 Å². The lowest BCUT2D eigenvalue weighted by Crippen LogP contribution is -2.04. The van der Waals surface area contributed by atoms with Gasteiger partial charge in [-0.1, -0.05) is 19.9 Å². The summed E-state index contributed by atoms with van der Waals surface area (Å²) in [7, 11) is 0. The summed E-state index contributed by atoms with van der Waals surface area (Å²) < 4.78 is 5.50. The van der Waals surface area contributed by atoms with E-state index in [0.29, 0.717) is 5.92 Å². The van der Waals surface area contributed by atoms with Gasteiger partial charge in [0, 0.05) is 4.90 Å². The smallest absolute Gasteiger partial charge is 0.120 e. The first-order valence-corrected chi connectivity index (χ1v) is 4.55. The molecule has 0 aliphatic heterocycles. The monoisotopic (exact) mass is 182 g/mol. The summed E-state index contributed by atoms with van der Waals surface area (Å²) in [4.78, 5) is 0.941. The predicted molar refractivity (Wildman–Crippen MR) is 54.0 cm³/mol. The predicted octanol–water partition coefficient (Wildman–Crippen LogP) is 3.01. The third-order valence-corrected chi connectivity index (χ3v) is 1.68. The number of hydrogen-bond acceptors (Lipinski definition) is 2. The zero-order valence-corrected chi connectivity index (χ0v) is 8.34. The van der Waals surface area contributed by atoms with Crippen molar-refractivity contribution in [1.29, 1.82) is 0 Å². The summed E-state index contributed by atoms with van der Waals surface area (Å²) in [5, 5.41) is 0. The Kier molecular flexibility index (Phi) is 3.48. The van der Waals surface area contributed by atoms with Gasteiger partial charge < -0.3 is 4.74 Å². The third kappa shape index (κ3) is 3.18. The zero-order chi connectivity index (χ0) is 8.97. The van der Waals surface area contributed by atoms with E-state index in [-0.39, 0.29) is 0 Å². The standard InChI is InChI=1S/C10H14OS/c1-8(2)7-11-9-4-3-5-10(12)6-9/h3-6,8,12H,7H2,1-2H3. The molecule has 0 fully saturated rings. The Balaban J connectivity index is 2.52. The van der Waals surface area contributed by atoms with E-state index in [0.717, 1.165) is 17.3 Å². The second kappa shape index (κ2) is 4.41. The first kappa shape index (κ1) is 9.46. The molecule has 0 amide bonds. The minimum Gasteiger partial charge on any atom is -0.493 e. The Morgan fingerprint density at radius 3 is 2.75 bits per heavy atom. The second-order valence-electron chi connectivity index (χ2n) is 3.20. The van der Waals surface area contributed by atoms with Crippen LogP contribution in [-0.4, -0.2) is 6.61 Å². The average molecular weight is 182 g/mol. The van der Waals surface area contributed by atoms with Crippen LogP contribution in [0, 0.1) is 5.92 Å². The van der Waals surface area contributed by atoms with Crippen molar-refractivity contribution in [3.05, 3.63) is 24.3 Å². The molecule has 1 nitrogen and oxygen atoms in total. The molecule has 0 aromatic heterocycles. The summed E-state index contributed by atoms with van der Waals surface area (Å²) in [5.74, 6) is 1.46. The van der Waals surface area contributed by atoms with E-state index in [1.54, 1.807) is 0 Å². The molecule has 0 unspecified atom stereocenters. The van der Waals surface area contributed by atoms with Gasteiger partial charge in [0.25, 0.3) is 0 Å². The first-order chi connectivity index (χ1) is 5.68. The van der Waals surface area contributed by atoms with Gasteiger partial charge in [-0.3, -0.25) is 0 Å². The number of benzene rings is 1. The molecule has 2 heteroatoms. The van der Waals surface area contributed by atoms with E-state index in [1.165, 1.54) is 0 Å². The molecular formula is C10H14OS. The van der Waals surface area contributed by atoms with Crippen molar-refractivity contribution in [3.63, 3.8) is 0 Å². The molecule has 12 heavy (non-hydrogen) atoms. The molecule has 0 aliphatic rings. The van der Waals surface area contributed by atoms with Gasteiger partial charge in [-0.25, -0.2) is 0 Å². The van der Waals surface area contributed by atoms with Crippen molar-refractivity contribution in [1.82, 2.24) is 0 Å². The summed E-state index contributed by atoms with van der Waals surface area (Å²) >= 11 is 4.22. The molecule has 66 valence electrons. The Morgan fingerprint density at radius 2 is 2.17 bits per heavy atom. The number of hydrogen-bond donors (Lipinski definition) is 1. The zero-order valence-electron chi connectivity index (χ0n) is 7.45. The normalized spacial score (nSPS) is 10.3. The summed E-state index contributed by atoms with van der Waals surface area (Å²) in [6.07, 6.45) is 0. The van der Waals surface area contributed by atoms with Crippen molar-refractivity contribution < 1.29 is 4.74 Å². The van der Waals surface area contributed by atoms with E-state index in [1.807, 2.05) is 24.3 Å². The van der Waals surface area contributed by atoms with Crippen LogP contribution >= 0.6 is 12.6 Å². The maximum Gasteiger partial charge on any atom is 0.120 e. The fraction of sp³-hybridized carbons (Fsp3) is 0.400. The van der Waals surface area contributed by atoms with E-state index in [2.05, 4.69) is 26.5 Å². The summed E-state index contributed by atoms with van der Waals surface area (Å²) in [6.45, 7) is 5.02. The Bertz CT molecular complexity index is 245. The van der Waals surface area contributed by atoms with Gasteiger partial charge in [-0.15, -0.1) is 12.6 Å². The molecule has 1 aromatic rings. The quantitative estimate of drug-likeness (QED) is 0.707. The van der Waals surface area contributed by atoms with Gasteiger partial charge in [0.15, 0.2) is 0 Å². The summed E-state index contributed by atoms with van der Waals surface area (Å²) in [5.41, 5.74) is 0. The molecule has 0 saturated heterocycles. The lowest BCUT2D eigenvalue weighted by atomic mass is 10.2. The molecule has 1 aromatic carbocycles. The molecule has 0 N–H and O–H groups in total. The Morgan fingerprint density at radius 1 is 1.42 bits per heavy atom. The molecule has 0 bridgehead atoms. The van der Waals surface area contributed by atoms with Gasteiger partial charge in [-0.2, -0.15) is 0 Å². The van der Waals surface area contributed by atoms with Crippen molar-refractivity contribution in [3.8, 4) is 5.75 Å². The fourth-order valence-corrected chi connectivity index (χ4v) is 1.05. The maximum absolute atomic E-state index is 5.50. The van der Waals surface area contributed by atoms with E-state index >= 15 is 0 Å². The van der Waals surface area contributed by atoms with Gasteiger partial charge in [-0.05, 0) is 24.1 Å². The molecule has 0 atom stereocenters. The van der Waals surface area contributed by atoms with Crippen molar-refractivity contribution in [2.45, 2.75) is 18.7 Å². The average Bonchev–Trinajstić information content (AvgIpc) is 2.01. The largest absolute Gasteiger partial charge is 0.493 e. The van der Waals surface area contributed by atoms with Crippen molar-refractivity contribution in [2.24, 2.45) is 5.92 Å². The lowest BCUT2D eigenvalue weighted by Gasteiger charge is -2.08. The lowest BCUT2D eigenvalue weighted by molar-refractivity contribution is 0.270. The van der Waals surface area contributed by atoms with Crippen LogP contribution in [-0.2, 0) is 0 Å². The molecule has 0 aliphatic carbocycles. The van der Waals surface area contributed by atoms with Gasteiger partial charge in [0.2, 0.25) is 0 Å². The van der Waals surface area contributed by atoms with Crippen LogP contribution in [0.5, 0.6) is 5.75 Å². The number of rotatable bonds is 3. The first-order valence-electron chi connectivity index (χ1n) is 4.10. The topological polar surface area (TPSA) is 9.23 Å². The van der Waals surface area contributed by atoms with Crippen molar-refractivity contribution in [2.75, 3.05) is 6.61 Å². The fourth-order valence-electron chi connectivity index (χ4n) is 0.836. The minimum atomic E-state index is 0.563. The van der Waals surface area contributed by atoms with Gasteiger partial charge in [0.1, 0.15) is 5.75 Å². The van der Waals surface area contributed by atoms with Crippen LogP contribution in [0.1, 0.15) is 13.8 Å². The highest BCUT2D eigenvalue weighted by Crippen LogP contribution is 2.16. The molecule has 1 rings (SSSR count). The van der Waals surface area contributed by atoms with E-state index < -0.39 is 0 Å². The van der Waals surface area contributed by atoms with Crippen LogP contribution in [0.25, 0.3) is 0 Å². The molecule has 0 saturated carbocycles. The van der Waals surface area contributed by atoms with Gasteiger partial charge in [0.05, 0.1) is 6.61 Å². The number of ether oxygens (including phenoxy) is 1. The second-order valence-corrected chi connectivity index (χ2v) is 3.72. The van der Waals surface area contributed by atoms with Gasteiger partial charge >= 0.3 is 0 Å². The summed E-state index contributed by atoms with van der Waals surface area (Å²) in [6, 6.07) is 7.75. The Hall–Kier alpha value is -0.630. The highest BCUT2D eigenvalue weighted by atomic mass is 32.1. The van der Waals surface area contributed by atoms with E-state index in [9.17, 15) is 0 Å². The number of thiol groups is 1. The molecule has 0 radical (unpaired) electrons. The van der Waals surface area contributed by atoms with Crippen LogP contribution in [0.15, 0.2) is 29.2 Å². The maximum atomic E-state index is 5.50. The third-order valence-electron chi connectivity index (χ3n) is 1.40. The van der Waals surface area contributed by atoms with Crippen molar-refractivity contribution >= 4 is 12.6 Å². The Labute approximate surface area is 79.2 Å².